The first-order chi connectivity index (χ1) is 7.70. The fourth-order valence-corrected chi connectivity index (χ4v) is 2.05. The quantitative estimate of drug-likeness (QED) is 0.852. The summed E-state index contributed by atoms with van der Waals surface area (Å²) in [7, 11) is 0. The molecule has 0 fully saturated rings. The molecule has 0 radical (unpaired) electrons. The maximum atomic E-state index is 9.60. The predicted octanol–water partition coefficient (Wildman–Crippen LogP) is 2.08. The first-order valence-corrected chi connectivity index (χ1v) is 5.80. The van der Waals surface area contributed by atoms with Crippen LogP contribution in [0.3, 0.4) is 0 Å². The molecule has 0 aliphatic carbocycles. The van der Waals surface area contributed by atoms with Crippen LogP contribution in [0.2, 0.25) is 0 Å². The van der Waals surface area contributed by atoms with Crippen molar-refractivity contribution in [2.75, 3.05) is 0 Å². The molecule has 0 saturated carbocycles. The minimum absolute atomic E-state index is 0.207. The summed E-state index contributed by atoms with van der Waals surface area (Å²) in [6.45, 7) is 1.96. The van der Waals surface area contributed by atoms with E-state index in [-0.39, 0.29) is 4.60 Å². The van der Waals surface area contributed by atoms with Crippen LogP contribution in [0, 0.1) is 6.92 Å². The molecule has 2 aromatic rings. The number of aliphatic hydroxyl groups excluding tert-OH is 1. The van der Waals surface area contributed by atoms with Gasteiger partial charge < -0.3 is 0 Å². The first-order valence-electron chi connectivity index (χ1n) is 4.94. The number of hydrogen-bond donors (Lipinski definition) is 1. The molecular weight excluding hydrogens is 265 g/mol. The van der Waals surface area contributed by atoms with Gasteiger partial charge >= 0.3 is 102 Å². The number of benzene rings is 1. The number of aryl methyl sites for hydroxylation is 1. The molecule has 16 heavy (non-hydrogen) atoms. The summed E-state index contributed by atoms with van der Waals surface area (Å²) in [6.07, 6.45) is 1.77. The number of rotatable bonds is 2. The van der Waals surface area contributed by atoms with Gasteiger partial charge in [0.25, 0.3) is 0 Å². The SMILES string of the molecule is Cc1ncccc1-c1ccccc1C(O)=[Se]. The Labute approximate surface area is 102 Å². The molecule has 3 heteroatoms. The predicted molar refractivity (Wildman–Crippen MR) is 66.2 cm³/mol. The van der Waals surface area contributed by atoms with Crippen LogP contribution in [0.25, 0.3) is 11.1 Å². The Hall–Kier alpha value is -1.44. The zero-order valence-electron chi connectivity index (χ0n) is 8.84. The van der Waals surface area contributed by atoms with E-state index >= 15 is 0 Å². The van der Waals surface area contributed by atoms with Gasteiger partial charge in [-0.15, -0.1) is 0 Å². The van der Waals surface area contributed by atoms with Crippen molar-refractivity contribution in [1.82, 2.24) is 4.98 Å². The summed E-state index contributed by atoms with van der Waals surface area (Å²) >= 11 is 2.64. The molecule has 1 aromatic heterocycles. The molecule has 1 aromatic carbocycles. The topological polar surface area (TPSA) is 33.1 Å². The maximum absolute atomic E-state index is 9.60. The van der Waals surface area contributed by atoms with Crippen LogP contribution in [-0.2, 0) is 0 Å². The molecule has 0 bridgehead atoms. The molecule has 0 aliphatic heterocycles. The summed E-state index contributed by atoms with van der Waals surface area (Å²) in [5.74, 6) is 0. The minimum atomic E-state index is 0.207. The number of aromatic nitrogens is 1. The van der Waals surface area contributed by atoms with Gasteiger partial charge in [0.1, 0.15) is 0 Å². The number of hydrogen-bond acceptors (Lipinski definition) is 2. The Kier molecular flexibility index (Phi) is 3.18. The van der Waals surface area contributed by atoms with Gasteiger partial charge in [-0.2, -0.15) is 0 Å². The van der Waals surface area contributed by atoms with Crippen molar-refractivity contribution in [3.8, 4) is 11.1 Å². The third-order valence-electron chi connectivity index (χ3n) is 2.45. The van der Waals surface area contributed by atoms with Crippen LogP contribution in [0.15, 0.2) is 42.6 Å². The molecule has 1 heterocycles. The van der Waals surface area contributed by atoms with E-state index in [0.717, 1.165) is 22.4 Å². The fraction of sp³-hybridized carbons (Fsp3) is 0.0769. The molecular formula is C13H11NOSe. The summed E-state index contributed by atoms with van der Waals surface area (Å²) in [6, 6.07) is 11.6. The number of aliphatic hydroxyl groups is 1. The van der Waals surface area contributed by atoms with Crippen LogP contribution in [0.5, 0.6) is 0 Å². The van der Waals surface area contributed by atoms with Gasteiger partial charge in [-0.25, -0.2) is 0 Å². The van der Waals surface area contributed by atoms with Crippen LogP contribution in [0.4, 0.5) is 0 Å². The van der Waals surface area contributed by atoms with Gasteiger partial charge in [0.15, 0.2) is 0 Å². The Morgan fingerprint density at radius 1 is 1.12 bits per heavy atom. The summed E-state index contributed by atoms with van der Waals surface area (Å²) in [5.41, 5.74) is 3.79. The first kappa shape index (κ1) is 11.1. The van der Waals surface area contributed by atoms with Crippen molar-refractivity contribution in [3.63, 3.8) is 0 Å². The Morgan fingerprint density at radius 2 is 1.81 bits per heavy atom. The molecule has 80 valence electrons. The van der Waals surface area contributed by atoms with E-state index in [1.165, 1.54) is 0 Å². The fourth-order valence-electron chi connectivity index (χ4n) is 1.67. The molecule has 0 saturated heterocycles. The monoisotopic (exact) mass is 277 g/mol. The molecule has 1 N–H and O–H groups in total. The Morgan fingerprint density at radius 3 is 2.50 bits per heavy atom. The molecule has 0 spiro atoms. The van der Waals surface area contributed by atoms with Crippen molar-refractivity contribution in [1.29, 1.82) is 0 Å². The molecule has 0 amide bonds. The van der Waals surface area contributed by atoms with Crippen molar-refractivity contribution >= 4 is 20.2 Å². The van der Waals surface area contributed by atoms with E-state index in [1.54, 1.807) is 6.20 Å². The van der Waals surface area contributed by atoms with Crippen LogP contribution in [0.1, 0.15) is 11.3 Å². The normalized spacial score (nSPS) is 10.1. The molecule has 0 aliphatic rings. The zero-order valence-corrected chi connectivity index (χ0v) is 10.6. The zero-order chi connectivity index (χ0) is 11.5. The van der Waals surface area contributed by atoms with Gasteiger partial charge in [-0.05, 0) is 0 Å². The van der Waals surface area contributed by atoms with Gasteiger partial charge in [-0.1, -0.05) is 0 Å². The molecule has 2 nitrogen and oxygen atoms in total. The van der Waals surface area contributed by atoms with E-state index in [2.05, 4.69) is 20.6 Å². The van der Waals surface area contributed by atoms with Crippen molar-refractivity contribution in [3.05, 3.63) is 53.9 Å². The van der Waals surface area contributed by atoms with Crippen molar-refractivity contribution < 1.29 is 5.11 Å². The average Bonchev–Trinajstić information content (AvgIpc) is 2.29. The second-order valence-electron chi connectivity index (χ2n) is 3.49. The standard InChI is InChI=1S/C13H11NOSe/c1-9-10(7-4-8-14-9)11-5-2-3-6-12(11)13(15)16/h2-8H,1H3,(H,15,16). The molecule has 2 rings (SSSR count). The van der Waals surface area contributed by atoms with Gasteiger partial charge in [0, 0.05) is 0 Å². The van der Waals surface area contributed by atoms with Gasteiger partial charge in [0.05, 0.1) is 0 Å². The average molecular weight is 276 g/mol. The van der Waals surface area contributed by atoms with Gasteiger partial charge in [0.2, 0.25) is 0 Å². The van der Waals surface area contributed by atoms with Crippen molar-refractivity contribution in [2.24, 2.45) is 0 Å². The molecule has 0 atom stereocenters. The second-order valence-corrected chi connectivity index (χ2v) is 4.30. The summed E-state index contributed by atoms with van der Waals surface area (Å²) < 4.78 is 0.207. The van der Waals surface area contributed by atoms with Gasteiger partial charge in [-0.3, -0.25) is 0 Å². The third-order valence-corrected chi connectivity index (χ3v) is 2.92. The third kappa shape index (κ3) is 2.06. The van der Waals surface area contributed by atoms with E-state index < -0.39 is 0 Å². The summed E-state index contributed by atoms with van der Waals surface area (Å²) in [5, 5.41) is 9.60. The second kappa shape index (κ2) is 4.60. The van der Waals surface area contributed by atoms with E-state index in [1.807, 2.05) is 43.3 Å². The van der Waals surface area contributed by atoms with Crippen LogP contribution in [-0.4, -0.2) is 30.3 Å². The Bertz CT molecular complexity index is 537. The van der Waals surface area contributed by atoms with Crippen molar-refractivity contribution in [2.45, 2.75) is 6.92 Å². The van der Waals surface area contributed by atoms with Crippen LogP contribution >= 0.6 is 0 Å². The van der Waals surface area contributed by atoms with E-state index in [9.17, 15) is 5.11 Å². The summed E-state index contributed by atoms with van der Waals surface area (Å²) in [4.78, 5) is 4.25. The molecule has 0 unspecified atom stereocenters. The Balaban J connectivity index is 2.65. The van der Waals surface area contributed by atoms with E-state index in [0.29, 0.717) is 0 Å². The van der Waals surface area contributed by atoms with Crippen LogP contribution < -0.4 is 0 Å². The van der Waals surface area contributed by atoms with E-state index in [4.69, 9.17) is 0 Å². The number of nitrogens with zero attached hydrogens (tertiary/aromatic N) is 1. The number of pyridine rings is 1.